The highest BCUT2D eigenvalue weighted by Crippen LogP contribution is 2.50. The van der Waals surface area contributed by atoms with Crippen molar-refractivity contribution in [3.63, 3.8) is 0 Å². The van der Waals surface area contributed by atoms with Crippen LogP contribution in [0.2, 0.25) is 0 Å². The van der Waals surface area contributed by atoms with Gasteiger partial charge in [0, 0.05) is 0 Å². The van der Waals surface area contributed by atoms with Gasteiger partial charge in [-0.3, -0.25) is 0 Å². The van der Waals surface area contributed by atoms with Gasteiger partial charge in [-0.2, -0.15) is 4.98 Å². The van der Waals surface area contributed by atoms with Gasteiger partial charge in [-0.1, -0.05) is 19.3 Å². The van der Waals surface area contributed by atoms with Crippen molar-refractivity contribution in [2.75, 3.05) is 5.73 Å². The van der Waals surface area contributed by atoms with Crippen molar-refractivity contribution in [3.05, 3.63) is 5.89 Å². The van der Waals surface area contributed by atoms with E-state index in [1.807, 2.05) is 0 Å². The Labute approximate surface area is 89.2 Å². The van der Waals surface area contributed by atoms with Crippen LogP contribution in [0.3, 0.4) is 0 Å². The van der Waals surface area contributed by atoms with E-state index in [-0.39, 0.29) is 11.4 Å². The second kappa shape index (κ2) is 3.22. The lowest BCUT2D eigenvalue weighted by molar-refractivity contribution is 0.264. The third-order valence-corrected chi connectivity index (χ3v) is 4.12. The fraction of sp³-hybridized carbons (Fsp3) is 0.818. The van der Waals surface area contributed by atoms with E-state index in [2.05, 4.69) is 10.1 Å². The highest BCUT2D eigenvalue weighted by molar-refractivity contribution is 5.17. The standard InChI is InChI=1S/C11H17N3O/c12-10-13-9(15-14-10)11-5-2-1-3-8(7-11)4-6-11/h8H,1-7H2,(H2,12,14)/t8-,11+/m0/s1. The van der Waals surface area contributed by atoms with E-state index in [1.54, 1.807) is 0 Å². The van der Waals surface area contributed by atoms with Crippen LogP contribution in [-0.4, -0.2) is 10.1 Å². The molecule has 0 aromatic carbocycles. The Balaban J connectivity index is 1.94. The molecular formula is C11H17N3O. The first kappa shape index (κ1) is 9.19. The van der Waals surface area contributed by atoms with Gasteiger partial charge in [-0.25, -0.2) is 0 Å². The van der Waals surface area contributed by atoms with Gasteiger partial charge in [0.15, 0.2) is 0 Å². The number of fused-ring (bicyclic) bond motifs is 2. The van der Waals surface area contributed by atoms with Gasteiger partial charge >= 0.3 is 0 Å². The highest BCUT2D eigenvalue weighted by atomic mass is 16.5. The fourth-order valence-electron chi connectivity index (χ4n) is 3.36. The smallest absolute Gasteiger partial charge is 0.260 e. The number of nitrogens with zero attached hydrogens (tertiary/aromatic N) is 2. The van der Waals surface area contributed by atoms with Crippen LogP contribution < -0.4 is 5.73 Å². The van der Waals surface area contributed by atoms with Crippen molar-refractivity contribution in [2.24, 2.45) is 5.92 Å². The van der Waals surface area contributed by atoms with Gasteiger partial charge < -0.3 is 10.3 Å². The summed E-state index contributed by atoms with van der Waals surface area (Å²) in [5.41, 5.74) is 5.71. The maximum absolute atomic E-state index is 5.54. The van der Waals surface area contributed by atoms with Gasteiger partial charge in [-0.15, -0.1) is 0 Å². The number of rotatable bonds is 1. The summed E-state index contributed by atoms with van der Waals surface area (Å²) in [4.78, 5) is 4.25. The summed E-state index contributed by atoms with van der Waals surface area (Å²) in [6.45, 7) is 0. The van der Waals surface area contributed by atoms with E-state index in [1.165, 1.54) is 44.9 Å². The third-order valence-electron chi connectivity index (χ3n) is 4.12. The number of nitrogens with two attached hydrogens (primary N) is 1. The lowest BCUT2D eigenvalue weighted by Crippen LogP contribution is -2.22. The molecule has 0 amide bonds. The first-order valence-corrected chi connectivity index (χ1v) is 5.88. The molecule has 1 heterocycles. The zero-order chi connectivity index (χ0) is 10.3. The Morgan fingerprint density at radius 3 is 3.00 bits per heavy atom. The van der Waals surface area contributed by atoms with Crippen molar-refractivity contribution in [1.29, 1.82) is 0 Å². The molecule has 0 unspecified atom stereocenters. The molecule has 2 atom stereocenters. The molecule has 2 bridgehead atoms. The van der Waals surface area contributed by atoms with E-state index in [0.717, 1.165) is 11.8 Å². The molecule has 3 rings (SSSR count). The van der Waals surface area contributed by atoms with Crippen molar-refractivity contribution in [1.82, 2.24) is 10.1 Å². The third kappa shape index (κ3) is 1.43. The molecule has 82 valence electrons. The monoisotopic (exact) mass is 207 g/mol. The highest BCUT2D eigenvalue weighted by Gasteiger charge is 2.45. The molecule has 0 aliphatic heterocycles. The number of nitrogen functional groups attached to an aromatic ring is 1. The summed E-state index contributed by atoms with van der Waals surface area (Å²) in [5.74, 6) is 1.96. The maximum Gasteiger partial charge on any atom is 0.260 e. The van der Waals surface area contributed by atoms with Gasteiger partial charge in [-0.05, 0) is 36.8 Å². The molecule has 1 aromatic heterocycles. The van der Waals surface area contributed by atoms with Crippen LogP contribution in [0.25, 0.3) is 0 Å². The predicted molar refractivity (Wildman–Crippen MR) is 56.2 cm³/mol. The van der Waals surface area contributed by atoms with Crippen LogP contribution in [0.15, 0.2) is 4.52 Å². The van der Waals surface area contributed by atoms with Crippen molar-refractivity contribution >= 4 is 5.95 Å². The Morgan fingerprint density at radius 1 is 1.27 bits per heavy atom. The molecule has 4 nitrogen and oxygen atoms in total. The average molecular weight is 207 g/mol. The topological polar surface area (TPSA) is 64.9 Å². The zero-order valence-electron chi connectivity index (χ0n) is 8.91. The van der Waals surface area contributed by atoms with Crippen LogP contribution in [0, 0.1) is 5.92 Å². The summed E-state index contributed by atoms with van der Waals surface area (Å²) < 4.78 is 5.29. The van der Waals surface area contributed by atoms with Crippen molar-refractivity contribution in [2.45, 2.75) is 50.4 Å². The normalized spacial score (nSPS) is 35.3. The number of aromatic nitrogens is 2. The largest absolute Gasteiger partial charge is 0.365 e. The SMILES string of the molecule is Nc1noc([C@]23CCCC[C@@H](CC2)C3)n1. The van der Waals surface area contributed by atoms with E-state index in [0.29, 0.717) is 0 Å². The molecule has 2 aliphatic rings. The number of hydrogen-bond donors (Lipinski definition) is 1. The number of hydrogen-bond acceptors (Lipinski definition) is 4. The first-order chi connectivity index (χ1) is 7.28. The minimum absolute atomic E-state index is 0.172. The van der Waals surface area contributed by atoms with Gasteiger partial charge in [0.1, 0.15) is 0 Å². The molecule has 2 saturated carbocycles. The van der Waals surface area contributed by atoms with Gasteiger partial charge in [0.25, 0.3) is 5.95 Å². The molecule has 2 N–H and O–H groups in total. The lowest BCUT2D eigenvalue weighted by atomic mass is 9.81. The molecule has 0 saturated heterocycles. The zero-order valence-corrected chi connectivity index (χ0v) is 8.91. The molecule has 1 aromatic rings. The molecule has 4 heteroatoms. The van der Waals surface area contributed by atoms with Crippen LogP contribution >= 0.6 is 0 Å². The minimum Gasteiger partial charge on any atom is -0.365 e. The van der Waals surface area contributed by atoms with Crippen molar-refractivity contribution < 1.29 is 4.52 Å². The van der Waals surface area contributed by atoms with Crippen LogP contribution in [0.4, 0.5) is 5.95 Å². The first-order valence-electron chi connectivity index (χ1n) is 5.88. The Hall–Kier alpha value is -1.06. The van der Waals surface area contributed by atoms with E-state index in [9.17, 15) is 0 Å². The van der Waals surface area contributed by atoms with Gasteiger partial charge in [0.05, 0.1) is 5.41 Å². The Bertz CT molecular complexity index is 362. The van der Waals surface area contributed by atoms with Crippen LogP contribution in [0.1, 0.15) is 50.8 Å². The van der Waals surface area contributed by atoms with Crippen LogP contribution in [-0.2, 0) is 5.41 Å². The number of anilines is 1. The molecule has 0 radical (unpaired) electrons. The Morgan fingerprint density at radius 2 is 2.20 bits per heavy atom. The molecular weight excluding hydrogens is 190 g/mol. The maximum atomic E-state index is 5.54. The second-order valence-electron chi connectivity index (χ2n) is 5.09. The minimum atomic E-state index is 0.172. The van der Waals surface area contributed by atoms with Crippen molar-refractivity contribution in [3.8, 4) is 0 Å². The molecule has 2 aliphatic carbocycles. The Kier molecular flexibility index (Phi) is 1.97. The summed E-state index contributed by atoms with van der Waals surface area (Å²) in [6.07, 6.45) is 8.99. The van der Waals surface area contributed by atoms with E-state index < -0.39 is 0 Å². The summed E-state index contributed by atoms with van der Waals surface area (Å²) >= 11 is 0. The van der Waals surface area contributed by atoms with Gasteiger partial charge in [0.2, 0.25) is 5.89 Å². The fourth-order valence-corrected chi connectivity index (χ4v) is 3.36. The molecule has 0 spiro atoms. The average Bonchev–Trinajstić information content (AvgIpc) is 2.72. The molecule has 2 fully saturated rings. The summed E-state index contributed by atoms with van der Waals surface area (Å²) in [6, 6.07) is 0. The molecule has 15 heavy (non-hydrogen) atoms. The second-order valence-corrected chi connectivity index (χ2v) is 5.09. The summed E-state index contributed by atoms with van der Waals surface area (Å²) in [7, 11) is 0. The van der Waals surface area contributed by atoms with E-state index in [4.69, 9.17) is 10.3 Å². The lowest BCUT2D eigenvalue weighted by Gasteiger charge is -2.23. The summed E-state index contributed by atoms with van der Waals surface area (Å²) in [5, 5.41) is 3.73. The quantitative estimate of drug-likeness (QED) is 0.767. The van der Waals surface area contributed by atoms with Crippen LogP contribution in [0.5, 0.6) is 0 Å². The predicted octanol–water partition coefficient (Wildman–Crippen LogP) is 2.26. The van der Waals surface area contributed by atoms with E-state index >= 15 is 0 Å².